The minimum atomic E-state index is -4.94. The molecule has 8 heteroatoms. The van der Waals surface area contributed by atoms with E-state index in [4.69, 9.17) is 9.47 Å². The zero-order chi connectivity index (χ0) is 17.1. The first-order valence-corrected chi connectivity index (χ1v) is 7.44. The van der Waals surface area contributed by atoms with Gasteiger partial charge in [0.15, 0.2) is 11.5 Å². The molecular weight excluding hydrogens is 313 g/mol. The summed E-state index contributed by atoms with van der Waals surface area (Å²) < 4.78 is 50.3. The van der Waals surface area contributed by atoms with Crippen LogP contribution in [0.5, 0.6) is 11.5 Å². The van der Waals surface area contributed by atoms with Crippen LogP contribution in [-0.2, 0) is 0 Å². The molecule has 0 bridgehead atoms. The molecule has 0 spiro atoms. The molecule has 0 atom stereocenters. The summed E-state index contributed by atoms with van der Waals surface area (Å²) in [7, 11) is 0. The molecule has 23 heavy (non-hydrogen) atoms. The van der Waals surface area contributed by atoms with Crippen molar-refractivity contribution in [2.75, 3.05) is 13.1 Å². The van der Waals surface area contributed by atoms with Crippen LogP contribution in [0.25, 0.3) is 0 Å². The molecule has 1 aliphatic rings. The lowest BCUT2D eigenvalue weighted by Crippen LogP contribution is -2.66. The highest BCUT2D eigenvalue weighted by atomic mass is 19.4. The second kappa shape index (κ2) is 6.55. The Morgan fingerprint density at radius 1 is 1.13 bits per heavy atom. The number of benzene rings is 1. The summed E-state index contributed by atoms with van der Waals surface area (Å²) >= 11 is 0. The Bertz CT molecular complexity index is 532. The van der Waals surface area contributed by atoms with Gasteiger partial charge in [0.2, 0.25) is 0 Å². The van der Waals surface area contributed by atoms with Gasteiger partial charge in [-0.2, -0.15) is 13.2 Å². The maximum Gasteiger partial charge on any atom is 0.492 e. The summed E-state index contributed by atoms with van der Waals surface area (Å²) in [5, 5.41) is 1.87. The molecule has 2 amide bonds. The molecule has 0 saturated carbocycles. The number of alkyl halides is 3. The number of ether oxygens (including phenoxy) is 2. The van der Waals surface area contributed by atoms with Crippen LogP contribution in [0.3, 0.4) is 0 Å². The van der Waals surface area contributed by atoms with Crippen molar-refractivity contribution in [1.82, 2.24) is 10.2 Å². The van der Waals surface area contributed by atoms with Crippen molar-refractivity contribution >= 4 is 6.03 Å². The third kappa shape index (κ3) is 3.46. The predicted molar refractivity (Wildman–Crippen MR) is 77.2 cm³/mol. The van der Waals surface area contributed by atoms with Gasteiger partial charge in [-0.1, -0.05) is 26.0 Å². The molecule has 128 valence electrons. The monoisotopic (exact) mass is 332 g/mol. The van der Waals surface area contributed by atoms with Crippen molar-refractivity contribution in [2.45, 2.75) is 38.8 Å². The first-order valence-electron chi connectivity index (χ1n) is 7.44. The minimum Gasteiger partial charge on any atom is -0.424 e. The number of urea groups is 1. The molecule has 1 aliphatic heterocycles. The van der Waals surface area contributed by atoms with Gasteiger partial charge in [-0.05, 0) is 25.0 Å². The summed E-state index contributed by atoms with van der Waals surface area (Å²) in [5.74, 6) is -3.33. The maximum atomic E-state index is 13.5. The van der Waals surface area contributed by atoms with E-state index in [0.29, 0.717) is 25.9 Å². The minimum absolute atomic E-state index is 0.0670. The normalized spacial score (nSPS) is 15.3. The topological polar surface area (TPSA) is 50.8 Å². The van der Waals surface area contributed by atoms with E-state index in [1.165, 1.54) is 29.2 Å². The van der Waals surface area contributed by atoms with E-state index in [1.807, 2.05) is 19.2 Å². The van der Waals surface area contributed by atoms with E-state index < -0.39 is 18.1 Å². The molecule has 1 aromatic carbocycles. The van der Waals surface area contributed by atoms with Gasteiger partial charge in [-0.25, -0.2) is 4.79 Å². The molecule has 5 nitrogen and oxygen atoms in total. The van der Waals surface area contributed by atoms with E-state index in [-0.39, 0.29) is 11.5 Å². The third-order valence-electron chi connectivity index (χ3n) is 3.28. The van der Waals surface area contributed by atoms with Crippen LogP contribution in [-0.4, -0.2) is 36.1 Å². The lowest BCUT2D eigenvalue weighted by atomic mass is 10.3. The number of rotatable bonds is 5. The second-order valence-electron chi connectivity index (χ2n) is 5.18. The Kier molecular flexibility index (Phi) is 4.91. The molecule has 1 aromatic rings. The molecule has 1 heterocycles. The van der Waals surface area contributed by atoms with Crippen LogP contribution < -0.4 is 14.8 Å². The quantitative estimate of drug-likeness (QED) is 0.898. The van der Waals surface area contributed by atoms with E-state index in [2.05, 4.69) is 0 Å². The van der Waals surface area contributed by atoms with Gasteiger partial charge < -0.3 is 14.4 Å². The summed E-state index contributed by atoms with van der Waals surface area (Å²) in [4.78, 5) is 13.5. The van der Waals surface area contributed by atoms with Crippen LogP contribution in [0.4, 0.5) is 18.0 Å². The number of carbonyl (C=O) groups excluding carboxylic acids is 1. The highest BCUT2D eigenvalue weighted by Crippen LogP contribution is 2.44. The average molecular weight is 332 g/mol. The average Bonchev–Trinajstić information content (AvgIpc) is 2.86. The van der Waals surface area contributed by atoms with Gasteiger partial charge in [0, 0.05) is 13.1 Å². The smallest absolute Gasteiger partial charge is 0.424 e. The van der Waals surface area contributed by atoms with Crippen molar-refractivity contribution in [3.8, 4) is 11.5 Å². The largest absolute Gasteiger partial charge is 0.492 e. The van der Waals surface area contributed by atoms with Crippen molar-refractivity contribution in [3.05, 3.63) is 24.3 Å². The highest BCUT2D eigenvalue weighted by molar-refractivity contribution is 5.75. The van der Waals surface area contributed by atoms with Crippen LogP contribution in [0.2, 0.25) is 0 Å². The molecule has 1 N–H and O–H groups in total. The third-order valence-corrected chi connectivity index (χ3v) is 3.28. The van der Waals surface area contributed by atoms with Gasteiger partial charge in [0.1, 0.15) is 0 Å². The summed E-state index contributed by atoms with van der Waals surface area (Å²) in [6.45, 7) is 4.38. The molecule has 0 saturated heterocycles. The fourth-order valence-electron chi connectivity index (χ4n) is 2.26. The van der Waals surface area contributed by atoms with Crippen LogP contribution in [0.15, 0.2) is 24.3 Å². The lowest BCUT2D eigenvalue weighted by Gasteiger charge is -2.32. The van der Waals surface area contributed by atoms with E-state index >= 15 is 0 Å². The predicted octanol–water partition coefficient (Wildman–Crippen LogP) is 3.51. The van der Waals surface area contributed by atoms with Crippen molar-refractivity contribution in [3.63, 3.8) is 0 Å². The van der Waals surface area contributed by atoms with E-state index in [9.17, 15) is 18.0 Å². The Balaban J connectivity index is 2.23. The van der Waals surface area contributed by atoms with Crippen molar-refractivity contribution in [2.24, 2.45) is 0 Å². The zero-order valence-electron chi connectivity index (χ0n) is 12.9. The first-order chi connectivity index (χ1) is 10.8. The Hall–Kier alpha value is -2.12. The SMILES string of the molecule is CCCN(CCC)C(=O)NC1(C(F)(F)F)Oc2ccccc2O1. The number of halogens is 3. The number of amides is 2. The second-order valence-corrected chi connectivity index (χ2v) is 5.18. The summed E-state index contributed by atoms with van der Waals surface area (Å²) in [6.07, 6.45) is -3.67. The highest BCUT2D eigenvalue weighted by Gasteiger charge is 2.66. The van der Waals surface area contributed by atoms with Crippen LogP contribution in [0.1, 0.15) is 26.7 Å². The molecule has 0 radical (unpaired) electrons. The van der Waals surface area contributed by atoms with Crippen molar-refractivity contribution < 1.29 is 27.4 Å². The maximum absolute atomic E-state index is 13.5. The van der Waals surface area contributed by atoms with Crippen LogP contribution in [0, 0.1) is 0 Å². The molecule has 0 aliphatic carbocycles. The molecule has 2 rings (SSSR count). The van der Waals surface area contributed by atoms with Crippen molar-refractivity contribution in [1.29, 1.82) is 0 Å². The Labute approximate surface area is 132 Å². The number of para-hydroxylation sites is 2. The number of nitrogens with one attached hydrogen (secondary N) is 1. The van der Waals surface area contributed by atoms with Gasteiger partial charge in [0.05, 0.1) is 0 Å². The molecule has 0 fully saturated rings. The molecule has 0 aromatic heterocycles. The number of hydrogen-bond donors (Lipinski definition) is 1. The zero-order valence-corrected chi connectivity index (χ0v) is 12.9. The van der Waals surface area contributed by atoms with Gasteiger partial charge in [-0.15, -0.1) is 0 Å². The van der Waals surface area contributed by atoms with Gasteiger partial charge >= 0.3 is 18.1 Å². The van der Waals surface area contributed by atoms with Crippen LogP contribution >= 0.6 is 0 Å². The Morgan fingerprint density at radius 2 is 1.61 bits per heavy atom. The van der Waals surface area contributed by atoms with E-state index in [0.717, 1.165) is 0 Å². The van der Waals surface area contributed by atoms with Gasteiger partial charge in [0.25, 0.3) is 0 Å². The number of nitrogens with zero attached hydrogens (tertiary/aromatic N) is 1. The van der Waals surface area contributed by atoms with E-state index in [1.54, 1.807) is 0 Å². The molecule has 0 unspecified atom stereocenters. The van der Waals surface area contributed by atoms with Gasteiger partial charge in [-0.3, -0.25) is 5.32 Å². The number of carbonyl (C=O) groups is 1. The summed E-state index contributed by atoms with van der Waals surface area (Å²) in [5.41, 5.74) is 0. The number of hydrogen-bond acceptors (Lipinski definition) is 3. The standard InChI is InChI=1S/C15H19F3N2O3/c1-3-9-20(10-4-2)13(21)19-15(14(16,17)18)22-11-7-5-6-8-12(11)23-15/h5-8H,3-4,9-10H2,1-2H3,(H,19,21). The summed E-state index contributed by atoms with van der Waals surface area (Å²) in [6, 6.07) is 4.88. The fraction of sp³-hybridized carbons (Fsp3) is 0.533. The number of fused-ring (bicyclic) bond motifs is 1. The lowest BCUT2D eigenvalue weighted by molar-refractivity contribution is -0.318. The fourth-order valence-corrected chi connectivity index (χ4v) is 2.26. The first kappa shape index (κ1) is 17.2. The molecular formula is C15H19F3N2O3. The Morgan fingerprint density at radius 3 is 2.00 bits per heavy atom.